The molecule has 0 aliphatic carbocycles. The number of carbonyl (C=O) groups excluding carboxylic acids is 2. The molecule has 0 radical (unpaired) electrons. The van der Waals surface area contributed by atoms with E-state index in [0.29, 0.717) is 19.4 Å². The lowest BCUT2D eigenvalue weighted by molar-refractivity contribution is -0.133. The van der Waals surface area contributed by atoms with Crippen LogP contribution in [0.2, 0.25) is 0 Å². The molecular formula is C22H24N6O2. The summed E-state index contributed by atoms with van der Waals surface area (Å²) in [6, 6.07) is 7.44. The van der Waals surface area contributed by atoms with Crippen LogP contribution in [0.15, 0.2) is 49.1 Å². The molecule has 2 aliphatic rings. The van der Waals surface area contributed by atoms with Crippen LogP contribution in [-0.4, -0.2) is 43.2 Å². The Morgan fingerprint density at radius 3 is 2.93 bits per heavy atom. The SMILES string of the molecule is Cn1cc([C@@H]2N(C(=O)CCCc3cn[nH]c3)CC[C@]23C(=O)Nc2ccccc23)cn1. The van der Waals surface area contributed by atoms with E-state index < -0.39 is 5.41 Å². The number of aromatic nitrogens is 4. The molecule has 1 spiro atoms. The first-order chi connectivity index (χ1) is 14.6. The minimum atomic E-state index is -0.778. The zero-order valence-electron chi connectivity index (χ0n) is 16.8. The topological polar surface area (TPSA) is 95.9 Å². The molecule has 2 amide bonds. The molecule has 0 bridgehead atoms. The Hall–Kier alpha value is -3.42. The highest BCUT2D eigenvalue weighted by molar-refractivity contribution is 6.07. The van der Waals surface area contributed by atoms with E-state index in [9.17, 15) is 9.59 Å². The molecule has 154 valence electrons. The molecule has 30 heavy (non-hydrogen) atoms. The Morgan fingerprint density at radius 2 is 2.17 bits per heavy atom. The van der Waals surface area contributed by atoms with Gasteiger partial charge in [0.2, 0.25) is 11.8 Å². The Bertz CT molecular complexity index is 1090. The van der Waals surface area contributed by atoms with Gasteiger partial charge < -0.3 is 10.2 Å². The van der Waals surface area contributed by atoms with E-state index in [-0.39, 0.29) is 17.9 Å². The van der Waals surface area contributed by atoms with Gasteiger partial charge in [0.1, 0.15) is 5.41 Å². The van der Waals surface area contributed by atoms with Crippen LogP contribution < -0.4 is 5.32 Å². The number of likely N-dealkylation sites (tertiary alicyclic amines) is 1. The van der Waals surface area contributed by atoms with E-state index in [4.69, 9.17) is 0 Å². The molecule has 2 atom stereocenters. The number of amides is 2. The third kappa shape index (κ3) is 2.82. The van der Waals surface area contributed by atoms with Crippen molar-refractivity contribution < 1.29 is 9.59 Å². The number of aryl methyl sites for hydroxylation is 2. The standard InChI is InChI=1S/C22H24N6O2/c1-27-14-16(13-25-27)20-22(17-6-2-3-7-18(17)26-21(22)30)9-10-28(20)19(29)8-4-5-15-11-23-24-12-15/h2-3,6-7,11-14,20H,4-5,8-10H2,1H3,(H,23,24)(H,26,30)/t20-,22+/m0/s1. The van der Waals surface area contributed by atoms with Crippen molar-refractivity contribution in [3.05, 3.63) is 65.7 Å². The van der Waals surface area contributed by atoms with Crippen LogP contribution in [0, 0.1) is 0 Å². The molecule has 5 rings (SSSR count). The first-order valence-corrected chi connectivity index (χ1v) is 10.3. The van der Waals surface area contributed by atoms with Crippen LogP contribution >= 0.6 is 0 Å². The van der Waals surface area contributed by atoms with Crippen molar-refractivity contribution >= 4 is 17.5 Å². The minimum Gasteiger partial charge on any atom is -0.334 e. The van der Waals surface area contributed by atoms with Gasteiger partial charge in [0.05, 0.1) is 18.4 Å². The van der Waals surface area contributed by atoms with Gasteiger partial charge in [-0.15, -0.1) is 0 Å². The molecule has 4 heterocycles. The van der Waals surface area contributed by atoms with Crippen molar-refractivity contribution in [1.82, 2.24) is 24.9 Å². The molecule has 8 nitrogen and oxygen atoms in total. The summed E-state index contributed by atoms with van der Waals surface area (Å²) in [4.78, 5) is 28.4. The largest absolute Gasteiger partial charge is 0.334 e. The molecule has 2 aliphatic heterocycles. The van der Waals surface area contributed by atoms with E-state index in [1.54, 1.807) is 17.1 Å². The van der Waals surface area contributed by atoms with Gasteiger partial charge >= 0.3 is 0 Å². The number of benzene rings is 1. The van der Waals surface area contributed by atoms with E-state index in [0.717, 1.165) is 35.2 Å². The number of rotatable bonds is 5. The fraction of sp³-hybridized carbons (Fsp3) is 0.364. The van der Waals surface area contributed by atoms with Gasteiger partial charge in [-0.25, -0.2) is 0 Å². The van der Waals surface area contributed by atoms with Crippen LogP contribution in [0.3, 0.4) is 0 Å². The number of nitrogens with one attached hydrogen (secondary N) is 2. The maximum Gasteiger partial charge on any atom is 0.237 e. The monoisotopic (exact) mass is 404 g/mol. The maximum atomic E-state index is 13.3. The lowest BCUT2D eigenvalue weighted by atomic mass is 9.73. The van der Waals surface area contributed by atoms with E-state index in [2.05, 4.69) is 20.6 Å². The fourth-order valence-corrected chi connectivity index (χ4v) is 5.00. The number of hydrogen-bond donors (Lipinski definition) is 2. The first kappa shape index (κ1) is 18.6. The van der Waals surface area contributed by atoms with Gasteiger partial charge in [0.25, 0.3) is 0 Å². The number of hydrogen-bond acceptors (Lipinski definition) is 4. The lowest BCUT2D eigenvalue weighted by Gasteiger charge is -2.33. The summed E-state index contributed by atoms with van der Waals surface area (Å²) in [6.45, 7) is 0.547. The highest BCUT2D eigenvalue weighted by Gasteiger charge is 2.59. The summed E-state index contributed by atoms with van der Waals surface area (Å²) in [6.07, 6.45) is 9.90. The van der Waals surface area contributed by atoms with Gasteiger partial charge in [-0.2, -0.15) is 10.2 Å². The van der Waals surface area contributed by atoms with Crippen molar-refractivity contribution in [2.24, 2.45) is 7.05 Å². The number of aromatic amines is 1. The minimum absolute atomic E-state index is 0.0359. The first-order valence-electron chi connectivity index (χ1n) is 10.3. The zero-order valence-corrected chi connectivity index (χ0v) is 16.8. The molecular weight excluding hydrogens is 380 g/mol. The lowest BCUT2D eigenvalue weighted by Crippen LogP contribution is -2.42. The van der Waals surface area contributed by atoms with Crippen LogP contribution in [-0.2, 0) is 28.5 Å². The fourth-order valence-electron chi connectivity index (χ4n) is 5.00. The molecule has 1 fully saturated rings. The second kappa shape index (κ2) is 7.12. The Labute approximate surface area is 174 Å². The van der Waals surface area contributed by atoms with Crippen LogP contribution in [0.1, 0.15) is 42.0 Å². The van der Waals surface area contributed by atoms with Crippen molar-refractivity contribution in [2.75, 3.05) is 11.9 Å². The Kier molecular flexibility index (Phi) is 4.42. The smallest absolute Gasteiger partial charge is 0.237 e. The molecule has 2 aromatic heterocycles. The summed E-state index contributed by atoms with van der Waals surface area (Å²) >= 11 is 0. The van der Waals surface area contributed by atoms with Crippen molar-refractivity contribution in [3.8, 4) is 0 Å². The number of anilines is 1. The number of para-hydroxylation sites is 1. The van der Waals surface area contributed by atoms with Crippen molar-refractivity contribution in [1.29, 1.82) is 0 Å². The van der Waals surface area contributed by atoms with Crippen LogP contribution in [0.5, 0.6) is 0 Å². The average molecular weight is 404 g/mol. The van der Waals surface area contributed by atoms with Crippen molar-refractivity contribution in [3.63, 3.8) is 0 Å². The molecule has 0 saturated carbocycles. The number of carbonyl (C=O) groups is 2. The second-order valence-electron chi connectivity index (χ2n) is 8.12. The van der Waals surface area contributed by atoms with Crippen LogP contribution in [0.4, 0.5) is 5.69 Å². The molecule has 0 unspecified atom stereocenters. The predicted molar refractivity (Wildman–Crippen MR) is 111 cm³/mol. The zero-order chi connectivity index (χ0) is 20.7. The van der Waals surface area contributed by atoms with Gasteiger partial charge in [0.15, 0.2) is 0 Å². The number of fused-ring (bicyclic) bond motifs is 2. The Morgan fingerprint density at radius 1 is 1.30 bits per heavy atom. The third-order valence-corrected chi connectivity index (χ3v) is 6.36. The van der Waals surface area contributed by atoms with E-state index >= 15 is 0 Å². The summed E-state index contributed by atoms with van der Waals surface area (Å²) in [7, 11) is 1.85. The quantitative estimate of drug-likeness (QED) is 0.682. The van der Waals surface area contributed by atoms with Gasteiger partial charge in [-0.1, -0.05) is 18.2 Å². The molecule has 3 aromatic rings. The normalized spacial score (nSPS) is 22.5. The average Bonchev–Trinajstić information content (AvgIpc) is 3.51. The summed E-state index contributed by atoms with van der Waals surface area (Å²) in [5.74, 6) is 0.0349. The Balaban J connectivity index is 1.47. The van der Waals surface area contributed by atoms with E-state index in [1.165, 1.54) is 0 Å². The number of nitrogens with zero attached hydrogens (tertiary/aromatic N) is 4. The predicted octanol–water partition coefficient (Wildman–Crippen LogP) is 2.33. The van der Waals surface area contributed by atoms with Crippen molar-refractivity contribution in [2.45, 2.75) is 37.1 Å². The second-order valence-corrected chi connectivity index (χ2v) is 8.12. The molecule has 2 N–H and O–H groups in total. The van der Waals surface area contributed by atoms with E-state index in [1.807, 2.05) is 48.6 Å². The van der Waals surface area contributed by atoms with Gasteiger partial charge in [0, 0.05) is 43.7 Å². The van der Waals surface area contributed by atoms with Crippen LogP contribution in [0.25, 0.3) is 0 Å². The van der Waals surface area contributed by atoms with Gasteiger partial charge in [-0.05, 0) is 36.5 Å². The highest BCUT2D eigenvalue weighted by Crippen LogP contribution is 2.54. The summed E-state index contributed by atoms with van der Waals surface area (Å²) < 4.78 is 1.72. The highest BCUT2D eigenvalue weighted by atomic mass is 16.2. The summed E-state index contributed by atoms with van der Waals surface area (Å²) in [5, 5.41) is 14.1. The molecule has 1 saturated heterocycles. The molecule has 8 heteroatoms. The van der Waals surface area contributed by atoms with Gasteiger partial charge in [-0.3, -0.25) is 19.4 Å². The maximum absolute atomic E-state index is 13.3. The third-order valence-electron chi connectivity index (χ3n) is 6.36. The summed E-state index contributed by atoms with van der Waals surface area (Å²) in [5.41, 5.74) is 3.02. The molecule has 1 aromatic carbocycles. The number of H-pyrrole nitrogens is 1.